The van der Waals surface area contributed by atoms with Crippen molar-refractivity contribution >= 4 is 162 Å². The van der Waals surface area contributed by atoms with Gasteiger partial charge in [-0.2, -0.15) is 0 Å². The Hall–Kier alpha value is -10.2. The standard InChI is InChI=1S/C20H15ClFN5O.C17H23ClN4O2.C17H24N4O.C16H20ClFN4O.C16H23ClN4O2/c21-16-9-8-15-19(25-16)27(17-10-7-14(22)12-23-17)20(24-15)26-18(28)11-6-13-4-2-1-3-5-13;1-17(2,24-3)10-9-14(23)21-16-19-12-7-8-13(18)20-15(12)22(16)11-5-4-6-11;1-4-11(2)10-15(22)20-17-19-14-9-8-12(3)18-16(14)21(17)13-6-5-7-13;1-16(2,3)8-13(23)21-15-19-11-4-5-12(17)20-14(11)22(15)10-6-9(18)7-10;1-5-23-9-8-21-14-11(6-7-12(17)19-14)18-15(21)20-13(22)10-16(2,3)4/h1-5,7-10,12H,6,11H2,(H,24,26,28);7-8,11H,4-6,9-10H2,1-3H3,(H,19,21,23);8-9,11,13H,4-7,10H2,1-3H3,(H,19,20,22);4-5,9-10H,6-8H2,1-3H3,(H,19,21,23);6-7H,5,8-10H2,1-4H3,(H,18,20,22)/t;;11-;;/m..0../s1. The maximum absolute atomic E-state index is 13.3. The van der Waals surface area contributed by atoms with Crippen molar-refractivity contribution in [1.29, 1.82) is 0 Å². The molecule has 34 heteroatoms. The number of aromatic nitrogens is 16. The molecule has 5 N–H and O–H groups in total. The molecule has 5 amide bonds. The predicted molar refractivity (Wildman–Crippen MR) is 467 cm³/mol. The van der Waals surface area contributed by atoms with Crippen molar-refractivity contribution in [2.45, 2.75) is 222 Å². The largest absolute Gasteiger partial charge is 0.380 e. The summed E-state index contributed by atoms with van der Waals surface area (Å²) in [7, 11) is 1.66. The molecule has 1 atom stereocenters. The summed E-state index contributed by atoms with van der Waals surface area (Å²) in [5.41, 5.74) is 8.27. The van der Waals surface area contributed by atoms with E-state index in [2.05, 4.69) is 99.8 Å². The fourth-order valence-electron chi connectivity index (χ4n) is 13.3. The zero-order chi connectivity index (χ0) is 86.3. The van der Waals surface area contributed by atoms with Crippen LogP contribution in [-0.2, 0) is 46.4 Å². The van der Waals surface area contributed by atoms with Crippen molar-refractivity contribution in [3.8, 4) is 5.82 Å². The van der Waals surface area contributed by atoms with Gasteiger partial charge >= 0.3 is 0 Å². The van der Waals surface area contributed by atoms with Crippen molar-refractivity contribution in [3.05, 3.63) is 147 Å². The second kappa shape index (κ2) is 40.4. The van der Waals surface area contributed by atoms with Crippen molar-refractivity contribution < 1.29 is 42.2 Å². The number of halogens is 6. The number of carbonyl (C=O) groups is 5. The molecule has 0 unspecified atom stereocenters. The number of carbonyl (C=O) groups excluding carboxylic acids is 5. The first-order chi connectivity index (χ1) is 57.1. The smallest absolute Gasteiger partial charge is 0.227 e. The van der Waals surface area contributed by atoms with Gasteiger partial charge in [-0.15, -0.1) is 0 Å². The number of nitrogens with zero attached hydrogens (tertiary/aromatic N) is 16. The molecule has 1 aromatic carbocycles. The monoisotopic (exact) mass is 1720 g/mol. The van der Waals surface area contributed by atoms with Crippen LogP contribution in [0.5, 0.6) is 0 Å². The summed E-state index contributed by atoms with van der Waals surface area (Å²) >= 11 is 24.0. The van der Waals surface area contributed by atoms with Gasteiger partial charge in [-0.05, 0) is 187 Å². The molecular weight excluding hydrogens is 1620 g/mol. The summed E-state index contributed by atoms with van der Waals surface area (Å²) in [5.74, 6) is 2.25. The Morgan fingerprint density at radius 3 is 1.44 bits per heavy atom. The van der Waals surface area contributed by atoms with E-state index in [9.17, 15) is 32.8 Å². The summed E-state index contributed by atoms with van der Waals surface area (Å²) in [6.07, 6.45) is 12.2. The highest BCUT2D eigenvalue weighted by molar-refractivity contribution is 6.30. The van der Waals surface area contributed by atoms with E-state index in [1.165, 1.54) is 25.0 Å². The highest BCUT2D eigenvalue weighted by Gasteiger charge is 2.35. The van der Waals surface area contributed by atoms with Crippen LogP contribution in [0.4, 0.5) is 38.5 Å². The molecule has 638 valence electrons. The van der Waals surface area contributed by atoms with E-state index < -0.39 is 12.0 Å². The molecule has 0 spiro atoms. The molecule has 15 rings (SSSR count). The first kappa shape index (κ1) is 90.5. The van der Waals surface area contributed by atoms with Crippen LogP contribution in [0.2, 0.25) is 20.6 Å². The van der Waals surface area contributed by atoms with E-state index in [4.69, 9.17) is 55.9 Å². The van der Waals surface area contributed by atoms with Crippen LogP contribution in [0.15, 0.2) is 109 Å². The van der Waals surface area contributed by atoms with E-state index in [1.54, 1.807) is 58.7 Å². The van der Waals surface area contributed by atoms with Gasteiger partial charge in [-0.3, -0.25) is 68.8 Å². The van der Waals surface area contributed by atoms with Gasteiger partial charge < -0.3 is 9.47 Å². The summed E-state index contributed by atoms with van der Waals surface area (Å²) in [5, 5.41) is 15.9. The molecule has 0 aliphatic heterocycles. The molecule has 0 saturated heterocycles. The summed E-state index contributed by atoms with van der Waals surface area (Å²) in [4.78, 5) is 110. The third-order valence-electron chi connectivity index (χ3n) is 20.5. The number of alkyl halides is 1. The number of ether oxygens (including phenoxy) is 2. The topological polar surface area (TPSA) is 330 Å². The van der Waals surface area contributed by atoms with Crippen molar-refractivity contribution in [2.24, 2.45) is 16.7 Å². The number of methoxy groups -OCH3 is 1. The zero-order valence-electron chi connectivity index (χ0n) is 70.0. The average molecular weight is 1720 g/mol. The summed E-state index contributed by atoms with van der Waals surface area (Å²) in [6, 6.07) is 30.9. The lowest BCUT2D eigenvalue weighted by molar-refractivity contribution is -0.118. The number of rotatable bonds is 25. The van der Waals surface area contributed by atoms with Gasteiger partial charge in [-0.1, -0.05) is 139 Å². The molecular formula is C86H105Cl4F2N21O7. The molecule has 3 aliphatic carbocycles. The Labute approximate surface area is 715 Å². The van der Waals surface area contributed by atoms with E-state index in [-0.39, 0.29) is 69.5 Å². The number of nitrogens with one attached hydrogen (secondary N) is 5. The van der Waals surface area contributed by atoms with Crippen molar-refractivity contribution in [3.63, 3.8) is 0 Å². The van der Waals surface area contributed by atoms with Crippen LogP contribution in [-0.4, -0.2) is 139 Å². The van der Waals surface area contributed by atoms with Crippen molar-refractivity contribution in [2.75, 3.05) is 46.9 Å². The Balaban J connectivity index is 0.000000147. The molecule has 3 fully saturated rings. The molecule has 11 heterocycles. The predicted octanol–water partition coefficient (Wildman–Crippen LogP) is 19.6. The molecule has 0 bridgehead atoms. The number of hydrogen-bond donors (Lipinski definition) is 5. The highest BCUT2D eigenvalue weighted by Crippen LogP contribution is 2.41. The zero-order valence-corrected chi connectivity index (χ0v) is 73.0. The number of aryl methyl sites for hydroxylation is 2. The fourth-order valence-corrected chi connectivity index (χ4v) is 13.9. The van der Waals surface area contributed by atoms with Crippen LogP contribution in [0, 0.1) is 29.5 Å². The number of hydrogen-bond acceptors (Lipinski definition) is 18. The van der Waals surface area contributed by atoms with Gasteiger partial charge in [0.25, 0.3) is 0 Å². The highest BCUT2D eigenvalue weighted by atomic mass is 35.5. The van der Waals surface area contributed by atoms with Gasteiger partial charge in [0.1, 0.15) is 66.0 Å². The number of fused-ring (bicyclic) bond motifs is 5. The van der Waals surface area contributed by atoms with Crippen LogP contribution < -0.4 is 26.6 Å². The lowest BCUT2D eigenvalue weighted by Crippen LogP contribution is -2.30. The van der Waals surface area contributed by atoms with Crippen LogP contribution >= 0.6 is 46.4 Å². The Morgan fingerprint density at radius 1 is 0.517 bits per heavy atom. The Kier molecular flexibility index (Phi) is 30.5. The van der Waals surface area contributed by atoms with Crippen LogP contribution in [0.3, 0.4) is 0 Å². The third-order valence-corrected chi connectivity index (χ3v) is 21.3. The Morgan fingerprint density at radius 2 is 0.958 bits per heavy atom. The van der Waals surface area contributed by atoms with Gasteiger partial charge in [0.2, 0.25) is 59.3 Å². The van der Waals surface area contributed by atoms with Gasteiger partial charge in [0.15, 0.2) is 28.2 Å². The number of pyridine rings is 6. The first-order valence-corrected chi connectivity index (χ1v) is 42.1. The molecule has 120 heavy (non-hydrogen) atoms. The van der Waals surface area contributed by atoms with E-state index >= 15 is 0 Å². The molecule has 3 saturated carbocycles. The Bertz CT molecular complexity index is 5570. The molecule has 0 radical (unpaired) electrons. The summed E-state index contributed by atoms with van der Waals surface area (Å²) in [6.45, 7) is 25.8. The normalized spacial score (nSPS) is 15.0. The minimum absolute atomic E-state index is 0.0435. The lowest BCUT2D eigenvalue weighted by Gasteiger charge is -2.32. The quantitative estimate of drug-likeness (QED) is 0.0262. The molecule has 28 nitrogen and oxygen atoms in total. The van der Waals surface area contributed by atoms with E-state index in [1.807, 2.05) is 127 Å². The molecule has 3 aliphatic rings. The summed E-state index contributed by atoms with van der Waals surface area (Å²) < 4.78 is 46.7. The van der Waals surface area contributed by atoms with Gasteiger partial charge in [-0.25, -0.2) is 68.2 Å². The van der Waals surface area contributed by atoms with E-state index in [0.29, 0.717) is 168 Å². The van der Waals surface area contributed by atoms with E-state index in [0.717, 1.165) is 71.9 Å². The fraction of sp³-hybridized carbons (Fsp3) is 0.465. The maximum Gasteiger partial charge on any atom is 0.227 e. The second-order valence-corrected chi connectivity index (χ2v) is 34.8. The minimum atomic E-state index is -0.810. The number of benzene rings is 1. The van der Waals surface area contributed by atoms with Gasteiger partial charge in [0, 0.05) is 69.6 Å². The second-order valence-electron chi connectivity index (χ2n) is 33.3. The number of imidazole rings is 5. The lowest BCUT2D eigenvalue weighted by atomic mass is 9.90. The van der Waals surface area contributed by atoms with Crippen LogP contribution in [0.25, 0.3) is 61.6 Å². The number of amides is 5. The van der Waals surface area contributed by atoms with Crippen molar-refractivity contribution in [1.82, 2.24) is 77.7 Å². The molecule has 12 aromatic rings. The minimum Gasteiger partial charge on any atom is -0.380 e. The average Bonchev–Trinajstić information content (AvgIpc) is 1.63. The maximum atomic E-state index is 13.3. The first-order valence-electron chi connectivity index (χ1n) is 40.5. The number of anilines is 5. The molecule has 11 aromatic heterocycles. The third kappa shape index (κ3) is 24.5. The SMILES string of the molecule is CC(C)(C)CC(=O)Nc1nc2ccc(Cl)nc2n1C1CC(F)C1.CCOCCn1c(NC(=O)CC(C)(C)C)nc2ccc(Cl)nc21.CC[C@H](C)CC(=O)Nc1nc2ccc(C)nc2n1C1CCC1.COC(C)(C)CCC(=O)Nc1nc2ccc(Cl)nc2n1C1CCC1.O=C(CCc1ccccc1)Nc1nc2ccc(Cl)nc2n1-c1ccc(F)cn1. The van der Waals surface area contributed by atoms with Crippen LogP contribution in [0.1, 0.15) is 202 Å². The van der Waals surface area contributed by atoms with Gasteiger partial charge in [0.05, 0.1) is 24.9 Å².